The van der Waals surface area contributed by atoms with E-state index in [9.17, 15) is 19.6 Å². The number of phosphoric ester groups is 1. The molecule has 7 rings (SSSR count). The highest BCUT2D eigenvalue weighted by molar-refractivity contribution is 7.50. The summed E-state index contributed by atoms with van der Waals surface area (Å²) < 4.78 is 33.6. The summed E-state index contributed by atoms with van der Waals surface area (Å²) in [7, 11) is -4.29. The molecule has 0 radical (unpaired) electrons. The molecule has 0 spiro atoms. The van der Waals surface area contributed by atoms with E-state index in [1.165, 1.54) is 0 Å². The van der Waals surface area contributed by atoms with Gasteiger partial charge >= 0.3 is 7.82 Å². The maximum Gasteiger partial charge on any atom is 0.647 e. The van der Waals surface area contributed by atoms with Gasteiger partial charge in [-0.05, 0) is 0 Å². The van der Waals surface area contributed by atoms with Crippen molar-refractivity contribution < 1.29 is 32.8 Å². The molecule has 2 N–H and O–H groups in total. The van der Waals surface area contributed by atoms with E-state index in [0.29, 0.717) is 5.56 Å². The van der Waals surface area contributed by atoms with Crippen LogP contribution in [0.15, 0.2) is 39.5 Å². The van der Waals surface area contributed by atoms with E-state index in [2.05, 4.69) is 0 Å². The van der Waals surface area contributed by atoms with Crippen molar-refractivity contribution in [2.45, 2.75) is 0 Å². The summed E-state index contributed by atoms with van der Waals surface area (Å²) in [5, 5.41) is 20.0. The first-order valence-electron chi connectivity index (χ1n) is 6.81. The first-order chi connectivity index (χ1) is 11.5. The molecule has 120 valence electrons. The Morgan fingerprint density at radius 3 is 2.29 bits per heavy atom. The molecule has 1 atom stereocenters. The molecular weight excluding hydrogens is 339 g/mol. The second-order valence-electron chi connectivity index (χ2n) is 5.24. The average Bonchev–Trinajstić information content (AvgIpc) is 2.56. The quantitative estimate of drug-likeness (QED) is 0.646. The van der Waals surface area contributed by atoms with Gasteiger partial charge in [0.05, 0.1) is 0 Å². The van der Waals surface area contributed by atoms with Crippen LogP contribution in [0.4, 0.5) is 0 Å². The van der Waals surface area contributed by atoms with E-state index < -0.39 is 36.2 Å². The van der Waals surface area contributed by atoms with Crippen LogP contribution in [0.2, 0.25) is 0 Å². The summed E-state index contributed by atoms with van der Waals surface area (Å²) in [6.07, 6.45) is 0. The van der Waals surface area contributed by atoms with Crippen LogP contribution in [0.5, 0.6) is 28.7 Å². The highest BCUT2D eigenvalue weighted by Gasteiger charge is 2.48. The lowest BCUT2D eigenvalue weighted by Gasteiger charge is -2.29. The Hall–Kier alpha value is -3.12. The predicted molar refractivity (Wildman–Crippen MR) is 80.7 cm³/mol. The van der Waals surface area contributed by atoms with Gasteiger partial charge in [-0.1, -0.05) is 30.3 Å². The minimum atomic E-state index is -4.29. The Labute approximate surface area is 133 Å². The zero-order valence-electron chi connectivity index (χ0n) is 11.7. The van der Waals surface area contributed by atoms with Crippen molar-refractivity contribution in [1.29, 1.82) is 0 Å². The summed E-state index contributed by atoms with van der Waals surface area (Å²) in [6, 6.07) is 8.51. The first kappa shape index (κ1) is 13.3. The molecule has 0 saturated heterocycles. The lowest BCUT2D eigenvalue weighted by Crippen LogP contribution is -2.20. The summed E-state index contributed by atoms with van der Waals surface area (Å²) in [5.41, 5.74) is -0.482. The Morgan fingerprint density at radius 2 is 1.54 bits per heavy atom. The molecular formula is C15H7O8P. The zero-order valence-corrected chi connectivity index (χ0v) is 12.6. The molecule has 0 fully saturated rings. The fourth-order valence-corrected chi connectivity index (χ4v) is 4.05. The SMILES string of the molecule is O=c1c2c(-c3ccccc3)oc3c4c(O)c(c(O)c13)OP(=O)(O2)O4. The van der Waals surface area contributed by atoms with Crippen LogP contribution in [-0.2, 0) is 4.57 Å². The van der Waals surface area contributed by atoms with Gasteiger partial charge in [-0.2, -0.15) is 4.57 Å². The Bertz CT molecular complexity index is 1150. The fraction of sp³-hybridized carbons (Fsp3) is 0. The monoisotopic (exact) mass is 346 g/mol. The van der Waals surface area contributed by atoms with Crippen molar-refractivity contribution >= 4 is 18.8 Å². The van der Waals surface area contributed by atoms with E-state index in [1.54, 1.807) is 30.3 Å². The number of rotatable bonds is 1. The van der Waals surface area contributed by atoms with E-state index in [-0.39, 0.29) is 22.5 Å². The Morgan fingerprint density at radius 1 is 0.875 bits per heavy atom. The predicted octanol–water partition coefficient (Wildman–Crippen LogP) is 3.14. The van der Waals surface area contributed by atoms with Gasteiger partial charge in [-0.3, -0.25) is 4.79 Å². The van der Waals surface area contributed by atoms with Crippen molar-refractivity contribution in [1.82, 2.24) is 0 Å². The molecule has 0 aliphatic carbocycles. The number of phenols is 2. The lowest BCUT2D eigenvalue weighted by atomic mass is 10.1. The molecule has 0 saturated carbocycles. The van der Waals surface area contributed by atoms with Crippen LogP contribution in [-0.4, -0.2) is 10.2 Å². The first-order valence-corrected chi connectivity index (χ1v) is 8.27. The van der Waals surface area contributed by atoms with Crippen molar-refractivity contribution in [3.63, 3.8) is 0 Å². The molecule has 4 aliphatic rings. The van der Waals surface area contributed by atoms with Crippen molar-refractivity contribution in [2.24, 2.45) is 0 Å². The smallest absolute Gasteiger partial charge is 0.504 e. The second-order valence-corrected chi connectivity index (χ2v) is 6.68. The van der Waals surface area contributed by atoms with Crippen LogP contribution in [0.1, 0.15) is 0 Å². The molecule has 24 heavy (non-hydrogen) atoms. The average molecular weight is 346 g/mol. The van der Waals surface area contributed by atoms with Gasteiger partial charge in [-0.25, -0.2) is 0 Å². The third-order valence-corrected chi connectivity index (χ3v) is 5.02. The number of phenolic OH excluding ortho intramolecular Hbond substituents is 2. The van der Waals surface area contributed by atoms with Crippen molar-refractivity contribution in [3.8, 4) is 40.1 Å². The summed E-state index contributed by atoms with van der Waals surface area (Å²) in [6.45, 7) is 0. The van der Waals surface area contributed by atoms with Crippen LogP contribution >= 0.6 is 7.82 Å². The van der Waals surface area contributed by atoms with E-state index in [1.807, 2.05) is 0 Å². The maximum absolute atomic E-state index is 12.7. The van der Waals surface area contributed by atoms with Crippen molar-refractivity contribution in [3.05, 3.63) is 40.6 Å². The number of hydrogen-bond donors (Lipinski definition) is 2. The molecule has 4 aliphatic heterocycles. The number of benzene rings is 2. The topological polar surface area (TPSA) is 115 Å². The third-order valence-electron chi connectivity index (χ3n) is 3.80. The van der Waals surface area contributed by atoms with E-state index in [4.69, 9.17) is 18.0 Å². The molecule has 2 aromatic carbocycles. The highest BCUT2D eigenvalue weighted by Crippen LogP contribution is 2.66. The van der Waals surface area contributed by atoms with E-state index in [0.717, 1.165) is 0 Å². The third kappa shape index (κ3) is 1.48. The molecule has 9 heteroatoms. The minimum absolute atomic E-state index is 0.00470. The normalized spacial score (nSPS) is 19.8. The number of aromatic hydroxyl groups is 2. The molecule has 0 amide bonds. The summed E-state index contributed by atoms with van der Waals surface area (Å²) >= 11 is 0. The van der Waals surface area contributed by atoms with Crippen LogP contribution < -0.4 is 19.0 Å². The Balaban J connectivity index is 2.04. The van der Waals surface area contributed by atoms with E-state index >= 15 is 0 Å². The van der Waals surface area contributed by atoms with Gasteiger partial charge in [-0.15, -0.1) is 0 Å². The van der Waals surface area contributed by atoms with Crippen LogP contribution in [0.25, 0.3) is 22.3 Å². The molecule has 6 bridgehead atoms. The fourth-order valence-electron chi connectivity index (χ4n) is 2.76. The molecule has 1 unspecified atom stereocenters. The second kappa shape index (κ2) is 4.04. The number of phosphoric acid groups is 1. The number of fused-ring (bicyclic) bond motifs is 1. The van der Waals surface area contributed by atoms with Gasteiger partial charge in [0.15, 0.2) is 17.1 Å². The van der Waals surface area contributed by atoms with Crippen LogP contribution in [0.3, 0.4) is 0 Å². The highest BCUT2D eigenvalue weighted by atomic mass is 31.2. The molecule has 1 aromatic heterocycles. The lowest BCUT2D eigenvalue weighted by molar-refractivity contribution is 0.254. The van der Waals surface area contributed by atoms with Gasteiger partial charge in [0.1, 0.15) is 5.39 Å². The Kier molecular flexibility index (Phi) is 2.24. The molecule has 3 aromatic rings. The molecule has 8 nitrogen and oxygen atoms in total. The van der Waals surface area contributed by atoms with Gasteiger partial charge in [0.2, 0.25) is 28.4 Å². The zero-order chi connectivity index (χ0) is 16.6. The van der Waals surface area contributed by atoms with Crippen molar-refractivity contribution in [2.75, 3.05) is 0 Å². The largest absolute Gasteiger partial charge is 0.647 e. The summed E-state index contributed by atoms with van der Waals surface area (Å²) in [4.78, 5) is 12.7. The minimum Gasteiger partial charge on any atom is -0.504 e. The van der Waals surface area contributed by atoms with Gasteiger partial charge in [0.25, 0.3) is 0 Å². The van der Waals surface area contributed by atoms with Gasteiger partial charge in [0, 0.05) is 5.56 Å². The van der Waals surface area contributed by atoms with Crippen LogP contribution in [0, 0.1) is 0 Å². The maximum atomic E-state index is 12.7. The molecule has 5 heterocycles. The van der Waals surface area contributed by atoms with Gasteiger partial charge < -0.3 is 28.2 Å². The standard InChI is InChI=1S/C15H7O8P/c16-8-7-9(17)14-11(6-4-2-1-3-5-6)20-12(7)15-10(18)13(8)21-24(19,22-14)23-15/h1-5,16,18H. The summed E-state index contributed by atoms with van der Waals surface area (Å²) in [5.74, 6) is -2.59. The number of hydrogen-bond acceptors (Lipinski definition) is 8.